The van der Waals surface area contributed by atoms with E-state index in [9.17, 15) is 13.2 Å². The van der Waals surface area contributed by atoms with Crippen molar-refractivity contribution in [2.24, 2.45) is 0 Å². The fourth-order valence-corrected chi connectivity index (χ4v) is 5.10. The second-order valence-electron chi connectivity index (χ2n) is 6.64. The Hall–Kier alpha value is -2.77. The summed E-state index contributed by atoms with van der Waals surface area (Å²) in [5.74, 6) is 0.462. The second-order valence-corrected chi connectivity index (χ2v) is 9.81. The highest BCUT2D eigenvalue weighted by Gasteiger charge is 2.27. The minimum atomic E-state index is -3.91. The van der Waals surface area contributed by atoms with Gasteiger partial charge >= 0.3 is 0 Å². The van der Waals surface area contributed by atoms with Crippen molar-refractivity contribution >= 4 is 39.1 Å². The highest BCUT2D eigenvalue weighted by Crippen LogP contribution is 2.27. The lowest BCUT2D eigenvalue weighted by Gasteiger charge is -2.24. The van der Waals surface area contributed by atoms with Gasteiger partial charge < -0.3 is 5.32 Å². The molecule has 156 valence electrons. The molecule has 3 rings (SSSR count). The topological polar surface area (TPSA) is 66.5 Å². The van der Waals surface area contributed by atoms with Crippen LogP contribution in [0.3, 0.4) is 0 Å². The monoisotopic (exact) mass is 440 g/mol. The van der Waals surface area contributed by atoms with Gasteiger partial charge in [-0.05, 0) is 49.1 Å². The molecule has 30 heavy (non-hydrogen) atoms. The Kier molecular flexibility index (Phi) is 7.18. The minimum absolute atomic E-state index is 0.145. The molecule has 0 bridgehead atoms. The van der Waals surface area contributed by atoms with Gasteiger partial charge in [0, 0.05) is 4.90 Å². The Balaban J connectivity index is 1.91. The molecule has 1 amide bonds. The van der Waals surface area contributed by atoms with E-state index in [2.05, 4.69) is 5.32 Å². The average molecular weight is 441 g/mol. The summed E-state index contributed by atoms with van der Waals surface area (Å²) >= 11 is 1.62. The van der Waals surface area contributed by atoms with E-state index >= 15 is 0 Å². The Morgan fingerprint density at radius 1 is 0.933 bits per heavy atom. The van der Waals surface area contributed by atoms with Crippen molar-refractivity contribution in [1.82, 2.24) is 0 Å². The molecule has 7 heteroatoms. The number of benzene rings is 3. The van der Waals surface area contributed by atoms with E-state index in [1.54, 1.807) is 66.4 Å². The second kappa shape index (κ2) is 9.82. The number of carbonyl (C=O) groups excluding carboxylic acids is 1. The molecule has 0 radical (unpaired) electrons. The van der Waals surface area contributed by atoms with Crippen LogP contribution in [0.25, 0.3) is 0 Å². The maximum absolute atomic E-state index is 13.3. The Morgan fingerprint density at radius 2 is 1.57 bits per heavy atom. The molecule has 5 nitrogen and oxygen atoms in total. The van der Waals surface area contributed by atoms with Gasteiger partial charge in [-0.1, -0.05) is 55.0 Å². The summed E-state index contributed by atoms with van der Waals surface area (Å²) in [6.45, 7) is 3.60. The first-order chi connectivity index (χ1) is 14.4. The van der Waals surface area contributed by atoms with Crippen LogP contribution in [0.5, 0.6) is 0 Å². The third-order valence-electron chi connectivity index (χ3n) is 4.40. The molecule has 0 aliphatic heterocycles. The molecule has 0 atom stereocenters. The first-order valence-corrected chi connectivity index (χ1v) is 12.0. The average Bonchev–Trinajstić information content (AvgIpc) is 2.74. The third-order valence-corrected chi connectivity index (χ3v) is 7.15. The van der Waals surface area contributed by atoms with Crippen molar-refractivity contribution in [3.8, 4) is 0 Å². The molecule has 0 saturated heterocycles. The zero-order chi connectivity index (χ0) is 21.6. The maximum atomic E-state index is 13.3. The molecule has 0 saturated carbocycles. The standard InChI is InChI=1S/C23H24N2O3S2/c1-3-29-22-12-8-7-11-21(22)24-23(26)17-25(19-9-5-4-6-10-19)30(27,28)20-15-13-18(2)14-16-20/h4-16H,3,17H2,1-2H3,(H,24,26). The largest absolute Gasteiger partial charge is 0.323 e. The van der Waals surface area contributed by atoms with Gasteiger partial charge in [0.1, 0.15) is 6.54 Å². The lowest BCUT2D eigenvalue weighted by atomic mass is 10.2. The van der Waals surface area contributed by atoms with Gasteiger partial charge in [-0.3, -0.25) is 9.10 Å². The fourth-order valence-electron chi connectivity index (χ4n) is 2.92. The van der Waals surface area contributed by atoms with Gasteiger partial charge in [-0.25, -0.2) is 8.42 Å². The molecule has 3 aromatic carbocycles. The van der Waals surface area contributed by atoms with Crippen LogP contribution < -0.4 is 9.62 Å². The zero-order valence-electron chi connectivity index (χ0n) is 16.9. The molecule has 1 N–H and O–H groups in total. The normalized spacial score (nSPS) is 11.1. The molecule has 0 aliphatic rings. The van der Waals surface area contributed by atoms with E-state index < -0.39 is 15.9 Å². The van der Waals surface area contributed by atoms with Gasteiger partial charge in [-0.2, -0.15) is 0 Å². The smallest absolute Gasteiger partial charge is 0.264 e. The summed E-state index contributed by atoms with van der Waals surface area (Å²) in [5.41, 5.74) is 2.07. The number of hydrogen-bond acceptors (Lipinski definition) is 4. The predicted octanol–water partition coefficient (Wildman–Crippen LogP) is 4.94. The summed E-state index contributed by atoms with van der Waals surface area (Å²) in [7, 11) is -3.91. The molecular weight excluding hydrogens is 416 g/mol. The predicted molar refractivity (Wildman–Crippen MR) is 124 cm³/mol. The highest BCUT2D eigenvalue weighted by atomic mass is 32.2. The van der Waals surface area contributed by atoms with Crippen LogP contribution in [-0.4, -0.2) is 26.6 Å². The quantitative estimate of drug-likeness (QED) is 0.504. The van der Waals surface area contributed by atoms with E-state index in [1.807, 2.05) is 38.1 Å². The van der Waals surface area contributed by atoms with E-state index in [1.165, 1.54) is 0 Å². The molecular formula is C23H24N2O3S2. The molecule has 0 aliphatic carbocycles. The van der Waals surface area contributed by atoms with Crippen LogP contribution in [0, 0.1) is 6.92 Å². The van der Waals surface area contributed by atoms with Gasteiger partial charge in [0.25, 0.3) is 10.0 Å². The third kappa shape index (κ3) is 5.23. The highest BCUT2D eigenvalue weighted by molar-refractivity contribution is 7.99. The summed E-state index contributed by atoms with van der Waals surface area (Å²) in [5, 5.41) is 2.86. The van der Waals surface area contributed by atoms with Crippen molar-refractivity contribution in [2.75, 3.05) is 21.9 Å². The number of nitrogens with zero attached hydrogens (tertiary/aromatic N) is 1. The number of para-hydroxylation sites is 2. The Bertz CT molecular complexity index is 1100. The number of rotatable bonds is 8. The molecule has 0 unspecified atom stereocenters. The number of carbonyl (C=O) groups is 1. The fraction of sp³-hybridized carbons (Fsp3) is 0.174. The van der Waals surface area contributed by atoms with Gasteiger partial charge in [-0.15, -0.1) is 11.8 Å². The van der Waals surface area contributed by atoms with E-state index in [0.717, 1.165) is 20.5 Å². The van der Waals surface area contributed by atoms with Gasteiger partial charge in [0.15, 0.2) is 0 Å². The molecule has 3 aromatic rings. The van der Waals surface area contributed by atoms with E-state index in [4.69, 9.17) is 0 Å². The van der Waals surface area contributed by atoms with Crippen LogP contribution in [0.1, 0.15) is 12.5 Å². The molecule has 0 fully saturated rings. The number of aryl methyl sites for hydroxylation is 1. The van der Waals surface area contributed by atoms with Crippen LogP contribution in [0.4, 0.5) is 11.4 Å². The molecule has 0 spiro atoms. The number of thioether (sulfide) groups is 1. The lowest BCUT2D eigenvalue weighted by molar-refractivity contribution is -0.114. The summed E-state index contributed by atoms with van der Waals surface area (Å²) in [4.78, 5) is 13.9. The van der Waals surface area contributed by atoms with Gasteiger partial charge in [0.2, 0.25) is 5.91 Å². The first-order valence-electron chi connectivity index (χ1n) is 9.58. The number of nitrogens with one attached hydrogen (secondary N) is 1. The van der Waals surface area contributed by atoms with Crippen LogP contribution >= 0.6 is 11.8 Å². The van der Waals surface area contributed by atoms with Crippen molar-refractivity contribution in [3.63, 3.8) is 0 Å². The van der Waals surface area contributed by atoms with Crippen LogP contribution in [-0.2, 0) is 14.8 Å². The Morgan fingerprint density at radius 3 is 2.23 bits per heavy atom. The summed E-state index contributed by atoms with van der Waals surface area (Å²) in [6, 6.07) is 22.8. The lowest BCUT2D eigenvalue weighted by Crippen LogP contribution is -2.38. The maximum Gasteiger partial charge on any atom is 0.264 e. The van der Waals surface area contributed by atoms with E-state index in [-0.39, 0.29) is 11.4 Å². The summed E-state index contributed by atoms with van der Waals surface area (Å²) < 4.78 is 27.8. The molecule has 0 heterocycles. The zero-order valence-corrected chi connectivity index (χ0v) is 18.5. The Labute approximate surface area is 182 Å². The summed E-state index contributed by atoms with van der Waals surface area (Å²) in [6.07, 6.45) is 0. The van der Waals surface area contributed by atoms with Crippen molar-refractivity contribution in [2.45, 2.75) is 23.6 Å². The van der Waals surface area contributed by atoms with Crippen LogP contribution in [0.2, 0.25) is 0 Å². The van der Waals surface area contributed by atoms with Crippen molar-refractivity contribution in [3.05, 3.63) is 84.4 Å². The van der Waals surface area contributed by atoms with Crippen LogP contribution in [0.15, 0.2) is 88.7 Å². The first kappa shape index (κ1) is 21.9. The number of anilines is 2. The minimum Gasteiger partial charge on any atom is -0.323 e. The number of hydrogen-bond donors (Lipinski definition) is 1. The van der Waals surface area contributed by atoms with Crippen molar-refractivity contribution in [1.29, 1.82) is 0 Å². The van der Waals surface area contributed by atoms with Crippen molar-refractivity contribution < 1.29 is 13.2 Å². The number of sulfonamides is 1. The van der Waals surface area contributed by atoms with E-state index in [0.29, 0.717) is 11.4 Å². The SMILES string of the molecule is CCSc1ccccc1NC(=O)CN(c1ccccc1)S(=O)(=O)c1ccc(C)cc1. The van der Waals surface area contributed by atoms with Gasteiger partial charge in [0.05, 0.1) is 16.3 Å². The number of amides is 1. The molecule has 0 aromatic heterocycles.